The third-order valence-electron chi connectivity index (χ3n) is 4.70. The fourth-order valence-corrected chi connectivity index (χ4v) is 3.08. The molecule has 2 aromatic carbocycles. The van der Waals surface area contributed by atoms with Crippen LogP contribution in [0.1, 0.15) is 19.4 Å². The Morgan fingerprint density at radius 1 is 0.960 bits per heavy atom. The van der Waals surface area contributed by atoms with Gasteiger partial charge in [-0.2, -0.15) is 0 Å². The van der Waals surface area contributed by atoms with Gasteiger partial charge in [-0.25, -0.2) is 4.98 Å². The molecule has 3 aromatic rings. The smallest absolute Gasteiger partial charge is 0.0730 e. The van der Waals surface area contributed by atoms with E-state index in [9.17, 15) is 0 Å². The first-order valence-corrected chi connectivity index (χ1v) is 9.14. The minimum absolute atomic E-state index is 0.934. The molecule has 0 aliphatic carbocycles. The molecule has 0 aliphatic rings. The highest BCUT2D eigenvalue weighted by atomic mass is 15.1. The normalized spacial score (nSPS) is 11.2. The topological polar surface area (TPSA) is 28.2 Å². The van der Waals surface area contributed by atoms with Gasteiger partial charge >= 0.3 is 0 Å². The summed E-state index contributed by atoms with van der Waals surface area (Å²) in [6, 6.07) is 19.1. The van der Waals surface area contributed by atoms with Crippen molar-refractivity contribution < 1.29 is 0 Å². The van der Waals surface area contributed by atoms with Gasteiger partial charge in [0.15, 0.2) is 0 Å². The standard InChI is InChI=1S/C22H27N3/c1-4-25(5-2)15-14-23-22-16-21(18-12-10-17(3)11-13-18)24-20-9-7-6-8-19(20)22/h6-13,16H,4-5,14-15H2,1-3H3,(H,23,24). The maximum Gasteiger partial charge on any atom is 0.0730 e. The fourth-order valence-electron chi connectivity index (χ4n) is 3.08. The fraction of sp³-hybridized carbons (Fsp3) is 0.318. The molecular formula is C22H27N3. The molecule has 0 amide bonds. The summed E-state index contributed by atoms with van der Waals surface area (Å²) in [5.41, 5.74) is 5.63. The molecule has 3 rings (SSSR count). The minimum Gasteiger partial charge on any atom is -0.383 e. The van der Waals surface area contributed by atoms with Crippen LogP contribution in [0.3, 0.4) is 0 Å². The molecule has 0 aliphatic heterocycles. The summed E-state index contributed by atoms with van der Waals surface area (Å²) in [5.74, 6) is 0. The Hall–Kier alpha value is -2.39. The van der Waals surface area contributed by atoms with Crippen molar-refractivity contribution in [3.8, 4) is 11.3 Å². The summed E-state index contributed by atoms with van der Waals surface area (Å²) in [4.78, 5) is 7.29. The van der Waals surface area contributed by atoms with Gasteiger partial charge < -0.3 is 10.2 Å². The Labute approximate surface area is 150 Å². The highest BCUT2D eigenvalue weighted by Gasteiger charge is 2.08. The number of aryl methyl sites for hydroxylation is 1. The first-order valence-electron chi connectivity index (χ1n) is 9.14. The number of aromatic nitrogens is 1. The van der Waals surface area contributed by atoms with E-state index in [-0.39, 0.29) is 0 Å². The average Bonchev–Trinajstić information content (AvgIpc) is 2.65. The number of pyridine rings is 1. The third kappa shape index (κ3) is 4.18. The number of nitrogens with one attached hydrogen (secondary N) is 1. The van der Waals surface area contributed by atoms with Crippen LogP contribution in [0.4, 0.5) is 5.69 Å². The van der Waals surface area contributed by atoms with Gasteiger partial charge in [0.25, 0.3) is 0 Å². The zero-order chi connectivity index (χ0) is 17.6. The number of nitrogens with zero attached hydrogens (tertiary/aromatic N) is 2. The van der Waals surface area contributed by atoms with E-state index in [1.165, 1.54) is 10.9 Å². The summed E-state index contributed by atoms with van der Waals surface area (Å²) in [6.45, 7) is 10.7. The molecule has 1 heterocycles. The SMILES string of the molecule is CCN(CC)CCNc1cc(-c2ccc(C)cc2)nc2ccccc12. The number of benzene rings is 2. The molecule has 0 bridgehead atoms. The predicted octanol–water partition coefficient (Wildman–Crippen LogP) is 4.96. The lowest BCUT2D eigenvalue weighted by Gasteiger charge is -2.19. The monoisotopic (exact) mass is 333 g/mol. The summed E-state index contributed by atoms with van der Waals surface area (Å²) in [6.07, 6.45) is 0. The number of anilines is 1. The van der Waals surface area contributed by atoms with Crippen molar-refractivity contribution in [3.05, 3.63) is 60.2 Å². The molecule has 130 valence electrons. The Bertz CT molecular complexity index is 820. The van der Waals surface area contributed by atoms with E-state index in [4.69, 9.17) is 4.98 Å². The van der Waals surface area contributed by atoms with Crippen LogP contribution in [-0.2, 0) is 0 Å². The van der Waals surface area contributed by atoms with Crippen molar-refractivity contribution in [1.29, 1.82) is 0 Å². The predicted molar refractivity (Wildman–Crippen MR) is 108 cm³/mol. The van der Waals surface area contributed by atoms with Crippen molar-refractivity contribution in [1.82, 2.24) is 9.88 Å². The van der Waals surface area contributed by atoms with Crippen LogP contribution in [0.15, 0.2) is 54.6 Å². The molecule has 1 N–H and O–H groups in total. The van der Waals surface area contributed by atoms with Crippen LogP contribution in [0, 0.1) is 6.92 Å². The highest BCUT2D eigenvalue weighted by Crippen LogP contribution is 2.28. The summed E-state index contributed by atoms with van der Waals surface area (Å²) in [7, 11) is 0. The summed E-state index contributed by atoms with van der Waals surface area (Å²) < 4.78 is 0. The number of rotatable bonds is 7. The van der Waals surface area contributed by atoms with Gasteiger partial charge in [0.2, 0.25) is 0 Å². The second-order valence-electron chi connectivity index (χ2n) is 6.39. The first-order chi connectivity index (χ1) is 12.2. The van der Waals surface area contributed by atoms with E-state index in [1.807, 2.05) is 6.07 Å². The molecule has 0 saturated carbocycles. The van der Waals surface area contributed by atoms with Gasteiger partial charge in [0.1, 0.15) is 0 Å². The van der Waals surface area contributed by atoms with Crippen LogP contribution in [0.5, 0.6) is 0 Å². The van der Waals surface area contributed by atoms with Gasteiger partial charge in [-0.1, -0.05) is 61.9 Å². The maximum atomic E-state index is 4.86. The van der Waals surface area contributed by atoms with Crippen LogP contribution in [0.2, 0.25) is 0 Å². The van der Waals surface area contributed by atoms with Crippen LogP contribution < -0.4 is 5.32 Å². The lowest BCUT2D eigenvalue weighted by molar-refractivity contribution is 0.316. The lowest BCUT2D eigenvalue weighted by atomic mass is 10.1. The van der Waals surface area contributed by atoms with E-state index < -0.39 is 0 Å². The Morgan fingerprint density at radius 3 is 2.40 bits per heavy atom. The van der Waals surface area contributed by atoms with Crippen molar-refractivity contribution in [3.63, 3.8) is 0 Å². The van der Waals surface area contributed by atoms with E-state index in [1.54, 1.807) is 0 Å². The number of likely N-dealkylation sites (N-methyl/N-ethyl adjacent to an activating group) is 1. The Kier molecular flexibility index (Phi) is 5.67. The molecule has 0 saturated heterocycles. The number of fused-ring (bicyclic) bond motifs is 1. The zero-order valence-electron chi connectivity index (χ0n) is 15.4. The lowest BCUT2D eigenvalue weighted by Crippen LogP contribution is -2.28. The zero-order valence-corrected chi connectivity index (χ0v) is 15.4. The number of hydrogen-bond acceptors (Lipinski definition) is 3. The summed E-state index contributed by atoms with van der Waals surface area (Å²) in [5, 5.41) is 4.81. The number of hydrogen-bond donors (Lipinski definition) is 1. The van der Waals surface area contributed by atoms with E-state index in [0.29, 0.717) is 0 Å². The van der Waals surface area contributed by atoms with E-state index >= 15 is 0 Å². The van der Waals surface area contributed by atoms with Gasteiger partial charge in [-0.3, -0.25) is 0 Å². The van der Waals surface area contributed by atoms with Crippen LogP contribution in [-0.4, -0.2) is 36.1 Å². The molecule has 0 atom stereocenters. The highest BCUT2D eigenvalue weighted by molar-refractivity contribution is 5.93. The Morgan fingerprint density at radius 2 is 1.68 bits per heavy atom. The third-order valence-corrected chi connectivity index (χ3v) is 4.70. The molecule has 3 nitrogen and oxygen atoms in total. The van der Waals surface area contributed by atoms with Crippen molar-refractivity contribution >= 4 is 16.6 Å². The van der Waals surface area contributed by atoms with E-state index in [0.717, 1.165) is 48.6 Å². The average molecular weight is 333 g/mol. The van der Waals surface area contributed by atoms with Crippen LogP contribution >= 0.6 is 0 Å². The second-order valence-corrected chi connectivity index (χ2v) is 6.39. The number of para-hydroxylation sites is 1. The largest absolute Gasteiger partial charge is 0.383 e. The maximum absolute atomic E-state index is 4.86. The summed E-state index contributed by atoms with van der Waals surface area (Å²) >= 11 is 0. The Balaban J connectivity index is 1.91. The van der Waals surface area contributed by atoms with Gasteiger partial charge in [-0.05, 0) is 32.1 Å². The van der Waals surface area contributed by atoms with Crippen LogP contribution in [0.25, 0.3) is 22.2 Å². The molecule has 25 heavy (non-hydrogen) atoms. The molecular weight excluding hydrogens is 306 g/mol. The van der Waals surface area contributed by atoms with Gasteiger partial charge in [0.05, 0.1) is 11.2 Å². The molecule has 0 unspecified atom stereocenters. The molecule has 0 radical (unpaired) electrons. The molecule has 0 spiro atoms. The first kappa shape index (κ1) is 17.4. The molecule has 3 heteroatoms. The van der Waals surface area contributed by atoms with Crippen molar-refractivity contribution in [2.24, 2.45) is 0 Å². The molecule has 0 fully saturated rings. The van der Waals surface area contributed by atoms with Gasteiger partial charge in [-0.15, -0.1) is 0 Å². The van der Waals surface area contributed by atoms with Crippen molar-refractivity contribution in [2.75, 3.05) is 31.5 Å². The minimum atomic E-state index is 0.934. The van der Waals surface area contributed by atoms with Crippen molar-refractivity contribution in [2.45, 2.75) is 20.8 Å². The molecule has 1 aromatic heterocycles. The van der Waals surface area contributed by atoms with E-state index in [2.05, 4.69) is 79.5 Å². The van der Waals surface area contributed by atoms with Gasteiger partial charge in [0, 0.05) is 29.7 Å². The quantitative estimate of drug-likeness (QED) is 0.662. The second kappa shape index (κ2) is 8.13.